The molecule has 0 aliphatic heterocycles. The summed E-state index contributed by atoms with van der Waals surface area (Å²) in [5.41, 5.74) is 0. The van der Waals surface area contributed by atoms with Gasteiger partial charge in [0.05, 0.1) is 11.2 Å². The molecule has 0 atom stereocenters. The second-order valence-electron chi connectivity index (χ2n) is 2.35. The Hall–Kier alpha value is -0.680. The number of nitrogens with zero attached hydrogens (tertiary/aromatic N) is 1. The molecule has 0 aliphatic rings. The molecule has 7 heteroatoms. The van der Waals surface area contributed by atoms with Crippen LogP contribution in [0.25, 0.3) is 0 Å². The van der Waals surface area contributed by atoms with E-state index >= 15 is 0 Å². The van der Waals surface area contributed by atoms with E-state index in [1.54, 1.807) is 0 Å². The lowest BCUT2D eigenvalue weighted by atomic mass is 10.4. The summed E-state index contributed by atoms with van der Waals surface area (Å²) in [6, 6.07) is 1.17. The average Bonchev–Trinajstić information content (AvgIpc) is 2.06. The van der Waals surface area contributed by atoms with Gasteiger partial charge in [0.1, 0.15) is 10.9 Å². The predicted octanol–water partition coefficient (Wildman–Crippen LogP) is 3.33. The van der Waals surface area contributed by atoms with Crippen LogP contribution in [-0.4, -0.2) is 17.8 Å². The van der Waals surface area contributed by atoms with Gasteiger partial charge >= 0.3 is 6.18 Å². The van der Waals surface area contributed by atoms with Crippen LogP contribution in [0.5, 0.6) is 5.75 Å². The Balaban J connectivity index is 2.65. The number of aromatic nitrogens is 1. The normalized spacial score (nSPS) is 11.5. The third-order valence-corrected chi connectivity index (χ3v) is 1.86. The number of rotatable bonds is 2. The summed E-state index contributed by atoms with van der Waals surface area (Å²) in [6.45, 7) is -1.38. The van der Waals surface area contributed by atoms with Gasteiger partial charge in [-0.3, -0.25) is 0 Å². The van der Waals surface area contributed by atoms with Gasteiger partial charge < -0.3 is 4.74 Å². The van der Waals surface area contributed by atoms with Crippen molar-refractivity contribution in [1.29, 1.82) is 0 Å². The van der Waals surface area contributed by atoms with Gasteiger partial charge in [-0.05, 0) is 0 Å². The van der Waals surface area contributed by atoms with Crippen LogP contribution < -0.4 is 4.74 Å². The van der Waals surface area contributed by atoms with Crippen molar-refractivity contribution in [2.45, 2.75) is 6.18 Å². The monoisotopic (exact) mass is 245 g/mol. The second kappa shape index (κ2) is 4.23. The van der Waals surface area contributed by atoms with E-state index in [-0.39, 0.29) is 15.9 Å². The molecule has 1 rings (SSSR count). The molecule has 0 bridgehead atoms. The van der Waals surface area contributed by atoms with Crippen LogP contribution >= 0.6 is 23.2 Å². The maximum atomic E-state index is 11.7. The maximum absolute atomic E-state index is 11.7. The van der Waals surface area contributed by atoms with E-state index in [2.05, 4.69) is 9.72 Å². The van der Waals surface area contributed by atoms with Crippen LogP contribution in [0.1, 0.15) is 0 Å². The quantitative estimate of drug-likeness (QED) is 0.746. The van der Waals surface area contributed by atoms with Gasteiger partial charge in [0.15, 0.2) is 6.61 Å². The van der Waals surface area contributed by atoms with Crippen molar-refractivity contribution in [2.24, 2.45) is 0 Å². The fourth-order valence-corrected chi connectivity index (χ4v) is 0.907. The first-order chi connectivity index (χ1) is 6.38. The van der Waals surface area contributed by atoms with E-state index < -0.39 is 12.8 Å². The third-order valence-electron chi connectivity index (χ3n) is 1.17. The number of hydrogen-bond acceptors (Lipinski definition) is 2. The molecule has 1 aromatic heterocycles. The zero-order valence-electron chi connectivity index (χ0n) is 6.61. The standard InChI is InChI=1S/C7H4Cl2F3NO/c8-5-1-4(2-13-6(5)9)14-3-7(10,11)12/h1-2H,3H2. The number of ether oxygens (including phenoxy) is 1. The molecule has 0 saturated heterocycles. The number of pyridine rings is 1. The summed E-state index contributed by atoms with van der Waals surface area (Å²) < 4.78 is 39.5. The maximum Gasteiger partial charge on any atom is 0.422 e. The number of alkyl halides is 3. The highest BCUT2D eigenvalue weighted by Gasteiger charge is 2.28. The van der Waals surface area contributed by atoms with E-state index in [0.29, 0.717) is 0 Å². The molecule has 0 fully saturated rings. The van der Waals surface area contributed by atoms with Crippen molar-refractivity contribution < 1.29 is 17.9 Å². The van der Waals surface area contributed by atoms with Gasteiger partial charge in [-0.1, -0.05) is 23.2 Å². The summed E-state index contributed by atoms with van der Waals surface area (Å²) in [7, 11) is 0. The molecular formula is C7H4Cl2F3NO. The Morgan fingerprint density at radius 3 is 2.50 bits per heavy atom. The van der Waals surface area contributed by atoms with Crippen molar-refractivity contribution in [3.63, 3.8) is 0 Å². The average molecular weight is 246 g/mol. The highest BCUT2D eigenvalue weighted by molar-refractivity contribution is 6.41. The minimum atomic E-state index is -4.38. The molecule has 0 radical (unpaired) electrons. The van der Waals surface area contributed by atoms with Crippen LogP contribution in [0.3, 0.4) is 0 Å². The first kappa shape index (κ1) is 11.4. The minimum absolute atomic E-state index is 0.0195. The number of halogens is 5. The van der Waals surface area contributed by atoms with Gasteiger partial charge in [-0.2, -0.15) is 13.2 Å². The molecule has 78 valence electrons. The predicted molar refractivity (Wildman–Crippen MR) is 45.8 cm³/mol. The Kier molecular flexibility index (Phi) is 3.44. The Labute approximate surface area is 87.6 Å². The Bertz CT molecular complexity index is 329. The summed E-state index contributed by atoms with van der Waals surface area (Å²) >= 11 is 11.0. The van der Waals surface area contributed by atoms with Gasteiger partial charge in [0, 0.05) is 6.07 Å². The Morgan fingerprint density at radius 1 is 1.36 bits per heavy atom. The largest absolute Gasteiger partial charge is 0.482 e. The van der Waals surface area contributed by atoms with Gasteiger partial charge in [0.2, 0.25) is 0 Å². The van der Waals surface area contributed by atoms with Crippen LogP contribution in [0.2, 0.25) is 10.2 Å². The van der Waals surface area contributed by atoms with Gasteiger partial charge in [-0.15, -0.1) is 0 Å². The molecule has 0 aromatic carbocycles. The van der Waals surface area contributed by atoms with Crippen molar-refractivity contribution in [3.8, 4) is 5.75 Å². The van der Waals surface area contributed by atoms with E-state index in [9.17, 15) is 13.2 Å². The summed E-state index contributed by atoms with van der Waals surface area (Å²) in [5.74, 6) is -0.0725. The third kappa shape index (κ3) is 3.59. The van der Waals surface area contributed by atoms with Crippen molar-refractivity contribution in [1.82, 2.24) is 4.98 Å². The van der Waals surface area contributed by atoms with E-state index in [0.717, 1.165) is 6.20 Å². The van der Waals surface area contributed by atoms with E-state index in [1.807, 2.05) is 0 Å². The zero-order valence-corrected chi connectivity index (χ0v) is 8.12. The zero-order chi connectivity index (χ0) is 10.8. The fraction of sp³-hybridized carbons (Fsp3) is 0.286. The van der Waals surface area contributed by atoms with Crippen LogP contribution in [0.4, 0.5) is 13.2 Å². The molecule has 0 aliphatic carbocycles. The minimum Gasteiger partial charge on any atom is -0.482 e. The van der Waals surface area contributed by atoms with E-state index in [1.165, 1.54) is 6.07 Å². The smallest absolute Gasteiger partial charge is 0.422 e. The van der Waals surface area contributed by atoms with Crippen molar-refractivity contribution in [3.05, 3.63) is 22.4 Å². The van der Waals surface area contributed by atoms with Crippen LogP contribution in [0.15, 0.2) is 12.3 Å². The fourth-order valence-electron chi connectivity index (χ4n) is 0.648. The highest BCUT2D eigenvalue weighted by atomic mass is 35.5. The van der Waals surface area contributed by atoms with Gasteiger partial charge in [0.25, 0.3) is 0 Å². The number of hydrogen-bond donors (Lipinski definition) is 0. The molecule has 1 heterocycles. The summed E-state index contributed by atoms with van der Waals surface area (Å²) in [4.78, 5) is 3.52. The molecule has 0 saturated carbocycles. The lowest BCUT2D eigenvalue weighted by Gasteiger charge is -2.08. The molecule has 0 unspecified atom stereocenters. The first-order valence-corrected chi connectivity index (χ1v) is 4.15. The first-order valence-electron chi connectivity index (χ1n) is 3.39. The topological polar surface area (TPSA) is 22.1 Å². The lowest BCUT2D eigenvalue weighted by molar-refractivity contribution is -0.153. The molecule has 0 spiro atoms. The highest BCUT2D eigenvalue weighted by Crippen LogP contribution is 2.25. The molecular weight excluding hydrogens is 242 g/mol. The van der Waals surface area contributed by atoms with Crippen molar-refractivity contribution in [2.75, 3.05) is 6.61 Å². The van der Waals surface area contributed by atoms with Crippen molar-refractivity contribution >= 4 is 23.2 Å². The van der Waals surface area contributed by atoms with Crippen LogP contribution in [-0.2, 0) is 0 Å². The molecule has 0 amide bonds. The molecule has 2 nitrogen and oxygen atoms in total. The summed E-state index contributed by atoms with van der Waals surface area (Å²) in [5, 5.41) is 0.0670. The van der Waals surface area contributed by atoms with Gasteiger partial charge in [-0.25, -0.2) is 4.98 Å². The molecule has 1 aromatic rings. The Morgan fingerprint density at radius 2 is 2.00 bits per heavy atom. The van der Waals surface area contributed by atoms with E-state index in [4.69, 9.17) is 23.2 Å². The second-order valence-corrected chi connectivity index (χ2v) is 3.11. The van der Waals surface area contributed by atoms with Crippen LogP contribution in [0, 0.1) is 0 Å². The summed E-state index contributed by atoms with van der Waals surface area (Å²) in [6.07, 6.45) is -3.31. The lowest BCUT2D eigenvalue weighted by Crippen LogP contribution is -2.19. The molecule has 0 N–H and O–H groups in total. The SMILES string of the molecule is FC(F)(F)COc1cnc(Cl)c(Cl)c1. The molecule has 14 heavy (non-hydrogen) atoms.